The van der Waals surface area contributed by atoms with Crippen LogP contribution in [0.3, 0.4) is 0 Å². The molecule has 0 radical (unpaired) electrons. The first-order chi connectivity index (χ1) is 14.7. The maximum atomic E-state index is 12.8. The van der Waals surface area contributed by atoms with Gasteiger partial charge in [0.15, 0.2) is 0 Å². The molecule has 1 atom stereocenters. The molecule has 2 aromatic carbocycles. The summed E-state index contributed by atoms with van der Waals surface area (Å²) in [5, 5.41) is 22.3. The third-order valence-electron chi connectivity index (χ3n) is 5.17. The van der Waals surface area contributed by atoms with Crippen molar-refractivity contribution in [3.05, 3.63) is 64.2 Å². The number of nitriles is 1. The lowest BCUT2D eigenvalue weighted by Gasteiger charge is -2.36. The minimum atomic E-state index is -3.67. The van der Waals surface area contributed by atoms with Crippen molar-refractivity contribution in [2.24, 2.45) is 0 Å². The minimum absolute atomic E-state index is 0.0642. The summed E-state index contributed by atoms with van der Waals surface area (Å²) in [4.78, 5) is 24.8. The standard InChI is InChI=1S/C20H21N5O5S/c1-15(20(26)22-17-4-6-18(7-5-17)25(27)28)23-10-12-24(13-11-23)31(29,30)19-8-2-16(14-21)3-9-19/h2-9,15H,10-13H2,1H3,(H,22,26)/t15-/m1/s1. The molecular formula is C20H21N5O5S. The minimum Gasteiger partial charge on any atom is -0.325 e. The number of carbonyl (C=O) groups excluding carboxylic acids is 1. The Morgan fingerprint density at radius 3 is 2.19 bits per heavy atom. The van der Waals surface area contributed by atoms with Gasteiger partial charge in [-0.1, -0.05) is 0 Å². The molecule has 10 nitrogen and oxygen atoms in total. The number of nitro groups is 1. The molecule has 1 saturated heterocycles. The number of nitrogens with zero attached hydrogens (tertiary/aromatic N) is 4. The van der Waals surface area contributed by atoms with E-state index in [1.807, 2.05) is 11.0 Å². The highest BCUT2D eigenvalue weighted by molar-refractivity contribution is 7.89. The van der Waals surface area contributed by atoms with E-state index in [1.165, 1.54) is 52.8 Å². The van der Waals surface area contributed by atoms with Gasteiger partial charge < -0.3 is 5.32 Å². The average molecular weight is 443 g/mol. The fourth-order valence-corrected chi connectivity index (χ4v) is 4.68. The zero-order chi connectivity index (χ0) is 22.6. The quantitative estimate of drug-likeness (QED) is 0.531. The number of amides is 1. The monoisotopic (exact) mass is 443 g/mol. The number of nitro benzene ring substituents is 1. The largest absolute Gasteiger partial charge is 0.325 e. The summed E-state index contributed by atoms with van der Waals surface area (Å²) >= 11 is 0. The van der Waals surface area contributed by atoms with Crippen molar-refractivity contribution >= 4 is 27.3 Å². The van der Waals surface area contributed by atoms with Gasteiger partial charge >= 0.3 is 0 Å². The van der Waals surface area contributed by atoms with Crippen LogP contribution in [0.25, 0.3) is 0 Å². The molecule has 1 aliphatic heterocycles. The molecule has 1 fully saturated rings. The van der Waals surface area contributed by atoms with Crippen LogP contribution in [0.5, 0.6) is 0 Å². The maximum absolute atomic E-state index is 12.8. The van der Waals surface area contributed by atoms with Gasteiger partial charge in [0.05, 0.1) is 27.5 Å². The molecule has 1 aliphatic rings. The number of piperazine rings is 1. The van der Waals surface area contributed by atoms with Crippen LogP contribution in [0, 0.1) is 21.4 Å². The summed E-state index contributed by atoms with van der Waals surface area (Å²) in [5.74, 6) is -0.280. The van der Waals surface area contributed by atoms with Gasteiger partial charge in [-0.3, -0.25) is 19.8 Å². The van der Waals surface area contributed by atoms with E-state index < -0.39 is 21.0 Å². The smallest absolute Gasteiger partial charge is 0.269 e. The first kappa shape index (κ1) is 22.4. The fraction of sp³-hybridized carbons (Fsp3) is 0.300. The van der Waals surface area contributed by atoms with Crippen molar-refractivity contribution < 1.29 is 18.1 Å². The molecule has 1 heterocycles. The Bertz CT molecular complexity index is 1100. The van der Waals surface area contributed by atoms with Crippen LogP contribution in [-0.4, -0.2) is 60.7 Å². The van der Waals surface area contributed by atoms with Crippen molar-refractivity contribution in [2.75, 3.05) is 31.5 Å². The van der Waals surface area contributed by atoms with Gasteiger partial charge in [-0.25, -0.2) is 8.42 Å². The van der Waals surface area contributed by atoms with E-state index in [0.717, 1.165) is 0 Å². The number of non-ortho nitro benzene ring substituents is 1. The molecule has 0 bridgehead atoms. The molecule has 0 spiro atoms. The number of benzene rings is 2. The second-order valence-corrected chi connectivity index (χ2v) is 8.98. The Hall–Kier alpha value is -3.33. The lowest BCUT2D eigenvalue weighted by Crippen LogP contribution is -2.53. The lowest BCUT2D eigenvalue weighted by atomic mass is 10.2. The number of hydrogen-bond donors (Lipinski definition) is 1. The van der Waals surface area contributed by atoms with Gasteiger partial charge in [-0.05, 0) is 43.3 Å². The highest BCUT2D eigenvalue weighted by atomic mass is 32.2. The van der Waals surface area contributed by atoms with Gasteiger partial charge in [0, 0.05) is 44.0 Å². The van der Waals surface area contributed by atoms with E-state index >= 15 is 0 Å². The summed E-state index contributed by atoms with van der Waals surface area (Å²) in [5.41, 5.74) is 0.770. The predicted octanol–water partition coefficient (Wildman–Crippen LogP) is 1.80. The summed E-state index contributed by atoms with van der Waals surface area (Å²) in [6.07, 6.45) is 0. The van der Waals surface area contributed by atoms with Crippen LogP contribution in [0.15, 0.2) is 53.4 Å². The van der Waals surface area contributed by atoms with Crippen LogP contribution in [0.1, 0.15) is 12.5 Å². The van der Waals surface area contributed by atoms with Crippen LogP contribution in [-0.2, 0) is 14.8 Å². The second kappa shape index (κ2) is 9.22. The van der Waals surface area contributed by atoms with Crippen LogP contribution in [0.2, 0.25) is 0 Å². The predicted molar refractivity (Wildman–Crippen MR) is 113 cm³/mol. The Kier molecular flexibility index (Phi) is 6.65. The second-order valence-electron chi connectivity index (χ2n) is 7.05. The SMILES string of the molecule is C[C@H](C(=O)Nc1ccc([N+](=O)[O-])cc1)N1CCN(S(=O)(=O)c2ccc(C#N)cc2)CC1. The average Bonchev–Trinajstić information content (AvgIpc) is 2.79. The van der Waals surface area contributed by atoms with Gasteiger partial charge in [-0.2, -0.15) is 9.57 Å². The Labute approximate surface area is 179 Å². The van der Waals surface area contributed by atoms with Crippen molar-refractivity contribution in [3.63, 3.8) is 0 Å². The van der Waals surface area contributed by atoms with E-state index in [2.05, 4.69) is 5.32 Å². The molecule has 162 valence electrons. The van der Waals surface area contributed by atoms with Gasteiger partial charge in [0.1, 0.15) is 0 Å². The van der Waals surface area contributed by atoms with Crippen molar-refractivity contribution in [2.45, 2.75) is 17.9 Å². The normalized spacial score (nSPS) is 16.3. The molecule has 2 aromatic rings. The van der Waals surface area contributed by atoms with E-state index in [1.54, 1.807) is 6.92 Å². The molecule has 31 heavy (non-hydrogen) atoms. The zero-order valence-corrected chi connectivity index (χ0v) is 17.6. The van der Waals surface area contributed by atoms with Crippen molar-refractivity contribution in [1.29, 1.82) is 5.26 Å². The van der Waals surface area contributed by atoms with Crippen LogP contribution in [0.4, 0.5) is 11.4 Å². The van der Waals surface area contributed by atoms with E-state index in [4.69, 9.17) is 5.26 Å². The number of sulfonamides is 1. The van der Waals surface area contributed by atoms with E-state index in [-0.39, 0.29) is 29.6 Å². The topological polar surface area (TPSA) is 137 Å². The molecule has 1 amide bonds. The molecule has 0 unspecified atom stereocenters. The first-order valence-corrected chi connectivity index (χ1v) is 11.0. The summed E-state index contributed by atoms with van der Waals surface area (Å²) < 4.78 is 27.0. The van der Waals surface area contributed by atoms with Crippen LogP contribution < -0.4 is 5.32 Å². The third kappa shape index (κ3) is 5.05. The Morgan fingerprint density at radius 2 is 1.68 bits per heavy atom. The summed E-state index contributed by atoms with van der Waals surface area (Å²) in [6, 6.07) is 12.8. The van der Waals surface area contributed by atoms with Gasteiger partial charge in [-0.15, -0.1) is 0 Å². The molecule has 0 aliphatic carbocycles. The highest BCUT2D eigenvalue weighted by Crippen LogP contribution is 2.20. The van der Waals surface area contributed by atoms with Crippen molar-refractivity contribution in [3.8, 4) is 6.07 Å². The fourth-order valence-electron chi connectivity index (χ4n) is 3.26. The zero-order valence-electron chi connectivity index (χ0n) is 16.8. The summed E-state index contributed by atoms with van der Waals surface area (Å²) in [7, 11) is -3.67. The van der Waals surface area contributed by atoms with Crippen LogP contribution >= 0.6 is 0 Å². The lowest BCUT2D eigenvalue weighted by molar-refractivity contribution is -0.384. The Morgan fingerprint density at radius 1 is 1.10 bits per heavy atom. The number of anilines is 1. The van der Waals surface area contributed by atoms with E-state index in [9.17, 15) is 23.3 Å². The molecule has 0 aromatic heterocycles. The first-order valence-electron chi connectivity index (χ1n) is 9.52. The highest BCUT2D eigenvalue weighted by Gasteiger charge is 2.31. The number of nitrogens with one attached hydrogen (secondary N) is 1. The number of hydrogen-bond acceptors (Lipinski definition) is 7. The van der Waals surface area contributed by atoms with Gasteiger partial charge in [0.25, 0.3) is 5.69 Å². The van der Waals surface area contributed by atoms with Gasteiger partial charge in [0.2, 0.25) is 15.9 Å². The number of rotatable bonds is 6. The Balaban J connectivity index is 1.58. The summed E-state index contributed by atoms with van der Waals surface area (Å²) in [6.45, 7) is 2.95. The van der Waals surface area contributed by atoms with Crippen molar-refractivity contribution in [1.82, 2.24) is 9.21 Å². The molecule has 0 saturated carbocycles. The third-order valence-corrected chi connectivity index (χ3v) is 7.08. The van der Waals surface area contributed by atoms with E-state index in [0.29, 0.717) is 24.3 Å². The molecular weight excluding hydrogens is 422 g/mol. The molecule has 3 rings (SSSR count). The molecule has 1 N–H and O–H groups in total. The maximum Gasteiger partial charge on any atom is 0.269 e. The molecule has 11 heteroatoms. The number of carbonyl (C=O) groups is 1.